The van der Waals surface area contributed by atoms with Gasteiger partial charge in [0.05, 0.1) is 22.7 Å². The number of aromatic nitrogens is 2. The third-order valence-corrected chi connectivity index (χ3v) is 4.73. The number of carbonyl (C=O) groups is 1. The normalized spacial score (nSPS) is 10.7. The molecule has 0 radical (unpaired) electrons. The minimum atomic E-state index is -0.419. The average Bonchev–Trinajstić information content (AvgIpc) is 3.38. The second-order valence-electron chi connectivity index (χ2n) is 6.03. The standard InChI is InChI=1S/C20H14Cl2N4O3/c21-14-8-7-13(11-15(14)22)23-20(27)24-16-5-2-1-4-12(16)10-18-25-19(26-29-18)17-6-3-9-28-17/h1-9,11H,10H2,(H2,23,24,27). The lowest BCUT2D eigenvalue weighted by molar-refractivity contribution is 0.262. The van der Waals surface area contributed by atoms with Crippen LogP contribution in [-0.2, 0) is 6.42 Å². The molecule has 0 spiro atoms. The Labute approximate surface area is 175 Å². The molecule has 7 nitrogen and oxygen atoms in total. The highest BCUT2D eigenvalue weighted by atomic mass is 35.5. The van der Waals surface area contributed by atoms with Crippen molar-refractivity contribution < 1.29 is 13.7 Å². The first-order valence-corrected chi connectivity index (χ1v) is 9.31. The van der Waals surface area contributed by atoms with Crippen LogP contribution in [0.25, 0.3) is 11.6 Å². The third kappa shape index (κ3) is 4.59. The molecule has 0 aliphatic carbocycles. The van der Waals surface area contributed by atoms with E-state index < -0.39 is 6.03 Å². The Morgan fingerprint density at radius 3 is 2.66 bits per heavy atom. The van der Waals surface area contributed by atoms with Crippen LogP contribution in [-0.4, -0.2) is 16.2 Å². The molecule has 29 heavy (non-hydrogen) atoms. The predicted molar refractivity (Wildman–Crippen MR) is 110 cm³/mol. The van der Waals surface area contributed by atoms with Crippen molar-refractivity contribution in [2.45, 2.75) is 6.42 Å². The zero-order valence-electron chi connectivity index (χ0n) is 14.9. The molecule has 2 heterocycles. The Morgan fingerprint density at radius 2 is 1.86 bits per heavy atom. The van der Waals surface area contributed by atoms with E-state index in [2.05, 4.69) is 20.8 Å². The van der Waals surface area contributed by atoms with Crippen LogP contribution < -0.4 is 10.6 Å². The summed E-state index contributed by atoms with van der Waals surface area (Å²) >= 11 is 11.9. The van der Waals surface area contributed by atoms with Crippen LogP contribution in [0.4, 0.5) is 16.2 Å². The summed E-state index contributed by atoms with van der Waals surface area (Å²) in [6, 6.07) is 15.3. The van der Waals surface area contributed by atoms with Crippen LogP contribution in [0.15, 0.2) is 69.8 Å². The van der Waals surface area contributed by atoms with Crippen LogP contribution in [0, 0.1) is 0 Å². The van der Waals surface area contributed by atoms with Gasteiger partial charge in [0.1, 0.15) is 0 Å². The molecule has 0 atom stereocenters. The Kier molecular flexibility index (Phi) is 5.50. The molecule has 2 aromatic carbocycles. The topological polar surface area (TPSA) is 93.2 Å². The van der Waals surface area contributed by atoms with Crippen LogP contribution in [0.1, 0.15) is 11.5 Å². The molecule has 0 saturated heterocycles. The number of hydrogen-bond acceptors (Lipinski definition) is 5. The molecule has 2 aromatic heterocycles. The number of carbonyl (C=O) groups excluding carboxylic acids is 1. The number of amides is 2. The van der Waals surface area contributed by atoms with Crippen molar-refractivity contribution in [1.29, 1.82) is 0 Å². The summed E-state index contributed by atoms with van der Waals surface area (Å²) in [6.07, 6.45) is 1.88. The summed E-state index contributed by atoms with van der Waals surface area (Å²) in [4.78, 5) is 16.7. The largest absolute Gasteiger partial charge is 0.461 e. The number of benzene rings is 2. The van der Waals surface area contributed by atoms with Gasteiger partial charge in [-0.15, -0.1) is 0 Å². The van der Waals surface area contributed by atoms with Crippen molar-refractivity contribution in [1.82, 2.24) is 10.1 Å². The predicted octanol–water partition coefficient (Wildman–Crippen LogP) is 5.87. The van der Waals surface area contributed by atoms with E-state index in [1.54, 1.807) is 36.4 Å². The van der Waals surface area contributed by atoms with Gasteiger partial charge < -0.3 is 19.6 Å². The first-order chi connectivity index (χ1) is 14.1. The Morgan fingerprint density at radius 1 is 1.00 bits per heavy atom. The maximum absolute atomic E-state index is 12.4. The summed E-state index contributed by atoms with van der Waals surface area (Å²) in [5.74, 6) is 1.29. The first kappa shape index (κ1) is 19.0. The lowest BCUT2D eigenvalue weighted by atomic mass is 10.1. The summed E-state index contributed by atoms with van der Waals surface area (Å²) in [5.41, 5.74) is 1.95. The SMILES string of the molecule is O=C(Nc1ccc(Cl)c(Cl)c1)Nc1ccccc1Cc1nc(-c2ccco2)no1. The zero-order valence-corrected chi connectivity index (χ0v) is 16.4. The van der Waals surface area contributed by atoms with Crippen molar-refractivity contribution in [2.75, 3.05) is 10.6 Å². The van der Waals surface area contributed by atoms with E-state index in [1.165, 1.54) is 6.26 Å². The zero-order chi connectivity index (χ0) is 20.2. The molecule has 9 heteroatoms. The fraction of sp³-hybridized carbons (Fsp3) is 0.0500. The molecule has 146 valence electrons. The monoisotopic (exact) mass is 428 g/mol. The van der Waals surface area contributed by atoms with Gasteiger partial charge in [0.15, 0.2) is 5.76 Å². The van der Waals surface area contributed by atoms with E-state index in [0.717, 1.165) is 5.56 Å². The molecule has 0 fully saturated rings. The summed E-state index contributed by atoms with van der Waals surface area (Å²) in [6.45, 7) is 0. The molecule has 0 aliphatic heterocycles. The van der Waals surface area contributed by atoms with E-state index in [9.17, 15) is 4.79 Å². The van der Waals surface area contributed by atoms with E-state index in [1.807, 2.05) is 18.2 Å². The van der Waals surface area contributed by atoms with Gasteiger partial charge in [0, 0.05) is 11.4 Å². The molecule has 4 rings (SSSR count). The van der Waals surface area contributed by atoms with Crippen LogP contribution in [0.2, 0.25) is 10.0 Å². The average molecular weight is 429 g/mol. The maximum Gasteiger partial charge on any atom is 0.323 e. The number of nitrogens with one attached hydrogen (secondary N) is 2. The molecule has 0 unspecified atom stereocenters. The van der Waals surface area contributed by atoms with Crippen molar-refractivity contribution in [2.24, 2.45) is 0 Å². The number of furan rings is 1. The first-order valence-electron chi connectivity index (χ1n) is 8.56. The van der Waals surface area contributed by atoms with Gasteiger partial charge in [-0.25, -0.2) is 4.79 Å². The second kappa shape index (κ2) is 8.38. The fourth-order valence-electron chi connectivity index (χ4n) is 2.65. The Hall–Kier alpha value is -3.29. The molecule has 2 amide bonds. The molecule has 0 aliphatic rings. The molecular formula is C20H14Cl2N4O3. The minimum absolute atomic E-state index is 0.344. The van der Waals surface area contributed by atoms with Gasteiger partial charge in [0.2, 0.25) is 11.7 Å². The number of nitrogens with zero attached hydrogens (tertiary/aromatic N) is 2. The molecule has 0 bridgehead atoms. The highest BCUT2D eigenvalue weighted by Gasteiger charge is 2.14. The number of halogens is 2. The Bertz CT molecular complexity index is 1140. The minimum Gasteiger partial charge on any atom is -0.461 e. The van der Waals surface area contributed by atoms with Gasteiger partial charge in [-0.1, -0.05) is 46.6 Å². The van der Waals surface area contributed by atoms with Crippen molar-refractivity contribution in [3.63, 3.8) is 0 Å². The number of rotatable bonds is 5. The summed E-state index contributed by atoms with van der Waals surface area (Å²) in [5, 5.41) is 10.2. The van der Waals surface area contributed by atoms with Gasteiger partial charge in [-0.05, 0) is 42.0 Å². The number of anilines is 2. The number of hydrogen-bond donors (Lipinski definition) is 2. The second-order valence-corrected chi connectivity index (χ2v) is 6.85. The van der Waals surface area contributed by atoms with Gasteiger partial charge in [0.25, 0.3) is 0 Å². The lowest BCUT2D eigenvalue weighted by Crippen LogP contribution is -2.20. The maximum atomic E-state index is 12.4. The van der Waals surface area contributed by atoms with Gasteiger partial charge in [-0.2, -0.15) is 4.98 Å². The van der Waals surface area contributed by atoms with E-state index in [-0.39, 0.29) is 0 Å². The smallest absolute Gasteiger partial charge is 0.323 e. The summed E-state index contributed by atoms with van der Waals surface area (Å²) < 4.78 is 10.6. The highest BCUT2D eigenvalue weighted by molar-refractivity contribution is 6.42. The van der Waals surface area contributed by atoms with E-state index in [0.29, 0.717) is 45.3 Å². The van der Waals surface area contributed by atoms with Crippen molar-refractivity contribution in [3.8, 4) is 11.6 Å². The van der Waals surface area contributed by atoms with Gasteiger partial charge in [-0.3, -0.25) is 0 Å². The van der Waals surface area contributed by atoms with E-state index >= 15 is 0 Å². The van der Waals surface area contributed by atoms with Crippen LogP contribution in [0.5, 0.6) is 0 Å². The highest BCUT2D eigenvalue weighted by Crippen LogP contribution is 2.25. The molecule has 2 N–H and O–H groups in total. The number of para-hydroxylation sites is 1. The molecular weight excluding hydrogens is 415 g/mol. The van der Waals surface area contributed by atoms with Crippen LogP contribution in [0.3, 0.4) is 0 Å². The van der Waals surface area contributed by atoms with Crippen molar-refractivity contribution >= 4 is 40.6 Å². The van der Waals surface area contributed by atoms with Crippen molar-refractivity contribution in [3.05, 3.63) is 82.4 Å². The van der Waals surface area contributed by atoms with Crippen LogP contribution >= 0.6 is 23.2 Å². The molecule has 4 aromatic rings. The lowest BCUT2D eigenvalue weighted by Gasteiger charge is -2.11. The Balaban J connectivity index is 1.46. The summed E-state index contributed by atoms with van der Waals surface area (Å²) in [7, 11) is 0. The quantitative estimate of drug-likeness (QED) is 0.414. The third-order valence-electron chi connectivity index (χ3n) is 3.99. The fourth-order valence-corrected chi connectivity index (χ4v) is 2.95. The molecule has 0 saturated carbocycles. The number of urea groups is 1. The van der Waals surface area contributed by atoms with E-state index in [4.69, 9.17) is 32.1 Å². The van der Waals surface area contributed by atoms with Gasteiger partial charge >= 0.3 is 6.03 Å².